The van der Waals surface area contributed by atoms with Crippen molar-refractivity contribution in [3.63, 3.8) is 0 Å². The lowest BCUT2D eigenvalue weighted by Crippen LogP contribution is -2.71. The van der Waals surface area contributed by atoms with Crippen molar-refractivity contribution in [3.8, 4) is 0 Å². The summed E-state index contributed by atoms with van der Waals surface area (Å²) in [4.78, 5) is 27.6. The van der Waals surface area contributed by atoms with E-state index >= 15 is 0 Å². The molecule has 3 aliphatic heterocycles. The normalized spacial score (nSPS) is 25.2. The second-order valence-corrected chi connectivity index (χ2v) is 7.82. The summed E-state index contributed by atoms with van der Waals surface area (Å²) in [6.07, 6.45) is 0.340. The van der Waals surface area contributed by atoms with Gasteiger partial charge in [0, 0.05) is 13.1 Å². The van der Waals surface area contributed by atoms with Crippen LogP contribution in [-0.2, 0) is 9.47 Å². The van der Waals surface area contributed by atoms with Gasteiger partial charge < -0.3 is 14.4 Å². The molecule has 0 radical (unpaired) electrons. The van der Waals surface area contributed by atoms with Crippen LogP contribution in [0.25, 0.3) is 0 Å². The first-order valence-electron chi connectivity index (χ1n) is 7.45. The van der Waals surface area contributed by atoms with Crippen molar-refractivity contribution in [2.75, 3.05) is 13.1 Å². The molecule has 6 nitrogen and oxygen atoms in total. The third-order valence-electron chi connectivity index (χ3n) is 3.45. The van der Waals surface area contributed by atoms with Gasteiger partial charge in [0.15, 0.2) is 0 Å². The van der Waals surface area contributed by atoms with E-state index in [9.17, 15) is 9.59 Å². The summed E-state index contributed by atoms with van der Waals surface area (Å²) < 4.78 is 10.8. The minimum atomic E-state index is -0.496. The highest BCUT2D eigenvalue weighted by molar-refractivity contribution is 5.73. The van der Waals surface area contributed by atoms with Gasteiger partial charge in [0.1, 0.15) is 11.2 Å². The number of hydrogen-bond donors (Lipinski definition) is 0. The Morgan fingerprint density at radius 2 is 1.29 bits per heavy atom. The van der Waals surface area contributed by atoms with Gasteiger partial charge in [-0.2, -0.15) is 0 Å². The van der Waals surface area contributed by atoms with E-state index in [1.54, 1.807) is 9.80 Å². The molecule has 3 fully saturated rings. The Labute approximate surface area is 126 Å². The van der Waals surface area contributed by atoms with Gasteiger partial charge in [-0.1, -0.05) is 0 Å². The number of fused-ring (bicyclic) bond motifs is 2. The predicted octanol–water partition coefficient (Wildman–Crippen LogP) is 2.62. The summed E-state index contributed by atoms with van der Waals surface area (Å²) in [6, 6.07) is 0.0947. The van der Waals surface area contributed by atoms with Gasteiger partial charge >= 0.3 is 12.2 Å². The van der Waals surface area contributed by atoms with E-state index < -0.39 is 11.2 Å². The van der Waals surface area contributed by atoms with Crippen LogP contribution in [0.2, 0.25) is 0 Å². The maximum Gasteiger partial charge on any atom is 0.410 e. The predicted molar refractivity (Wildman–Crippen MR) is 78.1 cm³/mol. The van der Waals surface area contributed by atoms with E-state index in [-0.39, 0.29) is 24.3 Å². The number of carbonyl (C=O) groups is 2. The van der Waals surface area contributed by atoms with Gasteiger partial charge in [0.2, 0.25) is 0 Å². The SMILES string of the molecule is CC(C)(C)OC(=O)N1C[C@H]2C[C@@H](C1)N2C(=O)OC(C)(C)C. The fraction of sp³-hybridized carbons (Fsp3) is 0.867. The zero-order chi connectivity index (χ0) is 16.0. The van der Waals surface area contributed by atoms with E-state index in [2.05, 4.69) is 0 Å². The van der Waals surface area contributed by atoms with E-state index in [1.807, 2.05) is 41.5 Å². The Hall–Kier alpha value is -1.46. The van der Waals surface area contributed by atoms with E-state index in [4.69, 9.17) is 9.47 Å². The number of nitrogens with zero attached hydrogens (tertiary/aromatic N) is 2. The molecule has 21 heavy (non-hydrogen) atoms. The maximum absolute atomic E-state index is 12.1. The monoisotopic (exact) mass is 298 g/mol. The Balaban J connectivity index is 1.91. The first kappa shape index (κ1) is 15.9. The average Bonchev–Trinajstić information content (AvgIpc) is 2.23. The highest BCUT2D eigenvalue weighted by Gasteiger charge is 2.50. The molecule has 120 valence electrons. The van der Waals surface area contributed by atoms with Gasteiger partial charge in [-0.05, 0) is 48.0 Å². The van der Waals surface area contributed by atoms with Crippen molar-refractivity contribution in [3.05, 3.63) is 0 Å². The maximum atomic E-state index is 12.1. The Kier molecular flexibility index (Phi) is 3.84. The lowest BCUT2D eigenvalue weighted by Gasteiger charge is -2.55. The molecule has 3 saturated heterocycles. The molecule has 3 heterocycles. The van der Waals surface area contributed by atoms with Crippen LogP contribution in [0.5, 0.6) is 0 Å². The van der Waals surface area contributed by atoms with Crippen molar-refractivity contribution < 1.29 is 19.1 Å². The molecule has 3 rings (SSSR count). The van der Waals surface area contributed by atoms with Crippen molar-refractivity contribution in [2.24, 2.45) is 0 Å². The number of rotatable bonds is 0. The van der Waals surface area contributed by atoms with Crippen LogP contribution < -0.4 is 0 Å². The van der Waals surface area contributed by atoms with Crippen LogP contribution in [0.3, 0.4) is 0 Å². The Bertz CT molecular complexity index is 424. The first-order chi connectivity index (χ1) is 9.46. The lowest BCUT2D eigenvalue weighted by atomic mass is 9.88. The van der Waals surface area contributed by atoms with E-state index in [1.165, 1.54) is 0 Å². The zero-order valence-corrected chi connectivity index (χ0v) is 13.8. The summed E-state index contributed by atoms with van der Waals surface area (Å²) in [5.41, 5.74) is -0.991. The molecule has 0 aliphatic carbocycles. The van der Waals surface area contributed by atoms with Crippen LogP contribution in [0.15, 0.2) is 0 Å². The highest BCUT2D eigenvalue weighted by atomic mass is 16.6. The quantitative estimate of drug-likeness (QED) is 0.690. The van der Waals surface area contributed by atoms with Gasteiger partial charge in [0.05, 0.1) is 12.1 Å². The van der Waals surface area contributed by atoms with Crippen molar-refractivity contribution in [2.45, 2.75) is 71.2 Å². The highest BCUT2D eigenvalue weighted by Crippen LogP contribution is 2.34. The fourth-order valence-corrected chi connectivity index (χ4v) is 2.70. The van der Waals surface area contributed by atoms with Gasteiger partial charge in [-0.15, -0.1) is 0 Å². The van der Waals surface area contributed by atoms with Crippen LogP contribution in [0, 0.1) is 0 Å². The first-order valence-corrected chi connectivity index (χ1v) is 7.45. The second kappa shape index (κ2) is 5.07. The topological polar surface area (TPSA) is 59.1 Å². The number of amides is 2. The molecule has 2 amide bonds. The molecular formula is C15H26N2O4. The minimum Gasteiger partial charge on any atom is -0.444 e. The number of carbonyl (C=O) groups excluding carboxylic acids is 2. The van der Waals surface area contributed by atoms with Gasteiger partial charge in [-0.3, -0.25) is 4.90 Å². The Morgan fingerprint density at radius 1 is 0.857 bits per heavy atom. The number of ether oxygens (including phenoxy) is 2. The molecule has 2 atom stereocenters. The Morgan fingerprint density at radius 3 is 1.71 bits per heavy atom. The number of piperazine rings is 1. The number of piperidine rings is 1. The standard InChI is InChI=1S/C15H26N2O4/c1-14(2,3)20-12(18)16-8-10-7-11(9-16)17(10)13(19)21-15(4,5)6/h10-11H,7-9H2,1-6H3/t10-,11+. The molecule has 0 N–H and O–H groups in total. The van der Waals surface area contributed by atoms with Crippen molar-refractivity contribution in [1.29, 1.82) is 0 Å². The van der Waals surface area contributed by atoms with Crippen LogP contribution in [0.4, 0.5) is 9.59 Å². The van der Waals surface area contributed by atoms with E-state index in [0.29, 0.717) is 13.1 Å². The van der Waals surface area contributed by atoms with Crippen LogP contribution in [0.1, 0.15) is 48.0 Å². The molecule has 0 saturated carbocycles. The van der Waals surface area contributed by atoms with Gasteiger partial charge in [-0.25, -0.2) is 9.59 Å². The molecule has 0 unspecified atom stereocenters. The van der Waals surface area contributed by atoms with Crippen molar-refractivity contribution >= 4 is 12.2 Å². The molecule has 0 aromatic heterocycles. The molecule has 0 aromatic carbocycles. The molecular weight excluding hydrogens is 272 g/mol. The van der Waals surface area contributed by atoms with Crippen LogP contribution in [-0.4, -0.2) is 58.4 Å². The largest absolute Gasteiger partial charge is 0.444 e. The molecule has 2 bridgehead atoms. The third kappa shape index (κ3) is 3.80. The van der Waals surface area contributed by atoms with Gasteiger partial charge in [0.25, 0.3) is 0 Å². The number of hydrogen-bond acceptors (Lipinski definition) is 4. The van der Waals surface area contributed by atoms with E-state index in [0.717, 1.165) is 6.42 Å². The molecule has 0 spiro atoms. The lowest BCUT2D eigenvalue weighted by molar-refractivity contribution is -0.0791. The summed E-state index contributed by atoms with van der Waals surface area (Å²) in [6.45, 7) is 12.2. The summed E-state index contributed by atoms with van der Waals surface area (Å²) in [5.74, 6) is 0. The summed E-state index contributed by atoms with van der Waals surface area (Å²) in [7, 11) is 0. The second-order valence-electron chi connectivity index (χ2n) is 7.82. The molecule has 6 heteroatoms. The smallest absolute Gasteiger partial charge is 0.410 e. The summed E-state index contributed by atoms with van der Waals surface area (Å²) >= 11 is 0. The molecule has 3 aliphatic rings. The third-order valence-corrected chi connectivity index (χ3v) is 3.45. The zero-order valence-electron chi connectivity index (χ0n) is 13.8. The fourth-order valence-electron chi connectivity index (χ4n) is 2.70. The van der Waals surface area contributed by atoms with Crippen molar-refractivity contribution in [1.82, 2.24) is 9.80 Å². The summed E-state index contributed by atoms with van der Waals surface area (Å²) in [5, 5.41) is 0. The van der Waals surface area contributed by atoms with Crippen LogP contribution >= 0.6 is 0 Å². The molecule has 0 aromatic rings. The minimum absolute atomic E-state index is 0.0473. The average molecular weight is 298 g/mol.